The number of methoxy groups -OCH3 is 1. The molecule has 8 heteroatoms. The highest BCUT2D eigenvalue weighted by Crippen LogP contribution is 2.05. The SMILES string of the molecule is COCCN(C)CCNC(=O)N1CCOC(C(=O)O)C1. The number of nitrogens with one attached hydrogen (secondary N) is 1. The Balaban J connectivity index is 2.23. The van der Waals surface area contributed by atoms with Crippen molar-refractivity contribution in [2.24, 2.45) is 0 Å². The van der Waals surface area contributed by atoms with Crippen LogP contribution in [0.4, 0.5) is 4.79 Å². The predicted molar refractivity (Wildman–Crippen MR) is 71.7 cm³/mol. The third kappa shape index (κ3) is 5.72. The number of hydrogen-bond acceptors (Lipinski definition) is 5. The molecule has 0 aromatic carbocycles. The monoisotopic (exact) mass is 289 g/mol. The highest BCUT2D eigenvalue weighted by molar-refractivity contribution is 5.77. The predicted octanol–water partition coefficient (Wildman–Crippen LogP) is -0.940. The maximum Gasteiger partial charge on any atom is 0.334 e. The third-order valence-corrected chi connectivity index (χ3v) is 3.08. The quantitative estimate of drug-likeness (QED) is 0.628. The van der Waals surface area contributed by atoms with E-state index >= 15 is 0 Å². The zero-order valence-electron chi connectivity index (χ0n) is 12.0. The summed E-state index contributed by atoms with van der Waals surface area (Å²) in [5, 5.41) is 11.6. The van der Waals surface area contributed by atoms with Crippen LogP contribution >= 0.6 is 0 Å². The third-order valence-electron chi connectivity index (χ3n) is 3.08. The van der Waals surface area contributed by atoms with Crippen LogP contribution in [-0.2, 0) is 14.3 Å². The van der Waals surface area contributed by atoms with Crippen LogP contribution in [0.3, 0.4) is 0 Å². The van der Waals surface area contributed by atoms with Crippen molar-refractivity contribution in [2.45, 2.75) is 6.10 Å². The topological polar surface area (TPSA) is 91.3 Å². The van der Waals surface area contributed by atoms with Gasteiger partial charge < -0.3 is 29.7 Å². The van der Waals surface area contributed by atoms with Crippen LogP contribution in [0.2, 0.25) is 0 Å². The van der Waals surface area contributed by atoms with Crippen LogP contribution in [0, 0.1) is 0 Å². The Hall–Kier alpha value is -1.38. The summed E-state index contributed by atoms with van der Waals surface area (Å²) >= 11 is 0. The smallest absolute Gasteiger partial charge is 0.334 e. The van der Waals surface area contributed by atoms with Crippen molar-refractivity contribution >= 4 is 12.0 Å². The van der Waals surface area contributed by atoms with Crippen molar-refractivity contribution < 1.29 is 24.2 Å². The van der Waals surface area contributed by atoms with Gasteiger partial charge in [-0.05, 0) is 7.05 Å². The van der Waals surface area contributed by atoms with Crippen molar-refractivity contribution in [3.63, 3.8) is 0 Å². The molecule has 0 aliphatic carbocycles. The standard InChI is InChI=1S/C12H23N3O5/c1-14(5-7-19-2)4-3-13-12(18)15-6-8-20-10(9-15)11(16)17/h10H,3-9H2,1-2H3,(H,13,18)(H,16,17). The van der Waals surface area contributed by atoms with Gasteiger partial charge in [0.1, 0.15) is 0 Å². The van der Waals surface area contributed by atoms with Crippen LogP contribution < -0.4 is 5.32 Å². The van der Waals surface area contributed by atoms with E-state index in [-0.39, 0.29) is 19.2 Å². The second-order valence-electron chi connectivity index (χ2n) is 4.67. The number of carbonyl (C=O) groups excluding carboxylic acids is 1. The van der Waals surface area contributed by atoms with Crippen molar-refractivity contribution in [2.75, 3.05) is 60.1 Å². The molecule has 0 radical (unpaired) electrons. The normalized spacial score (nSPS) is 19.1. The zero-order valence-corrected chi connectivity index (χ0v) is 12.0. The lowest BCUT2D eigenvalue weighted by molar-refractivity contribution is -0.154. The van der Waals surface area contributed by atoms with E-state index in [1.807, 2.05) is 11.9 Å². The number of ether oxygens (including phenoxy) is 2. The van der Waals surface area contributed by atoms with E-state index in [1.165, 1.54) is 4.90 Å². The number of carboxylic acid groups (broad SMARTS) is 1. The number of morpholine rings is 1. The summed E-state index contributed by atoms with van der Waals surface area (Å²) < 4.78 is 10.0. The molecule has 1 aliphatic heterocycles. The van der Waals surface area contributed by atoms with E-state index < -0.39 is 12.1 Å². The first-order chi connectivity index (χ1) is 9.54. The van der Waals surface area contributed by atoms with Gasteiger partial charge in [-0.3, -0.25) is 0 Å². The molecule has 2 N–H and O–H groups in total. The maximum atomic E-state index is 11.9. The lowest BCUT2D eigenvalue weighted by Gasteiger charge is -2.31. The number of likely N-dealkylation sites (N-methyl/N-ethyl adjacent to an activating group) is 1. The summed E-state index contributed by atoms with van der Waals surface area (Å²) in [7, 11) is 3.59. The lowest BCUT2D eigenvalue weighted by atomic mass is 10.3. The molecule has 1 unspecified atom stereocenters. The number of carbonyl (C=O) groups is 2. The minimum atomic E-state index is -1.04. The second-order valence-corrected chi connectivity index (χ2v) is 4.67. The van der Waals surface area contributed by atoms with Crippen LogP contribution in [-0.4, -0.2) is 93.1 Å². The van der Waals surface area contributed by atoms with Gasteiger partial charge in [-0.25, -0.2) is 9.59 Å². The average molecular weight is 289 g/mol. The van der Waals surface area contributed by atoms with E-state index in [0.717, 1.165) is 6.54 Å². The Bertz CT molecular complexity index is 326. The largest absolute Gasteiger partial charge is 0.479 e. The Labute approximate surface area is 118 Å². The Morgan fingerprint density at radius 2 is 2.25 bits per heavy atom. The summed E-state index contributed by atoms with van der Waals surface area (Å²) in [5.74, 6) is -1.04. The molecule has 116 valence electrons. The first-order valence-electron chi connectivity index (χ1n) is 6.59. The number of hydrogen-bond donors (Lipinski definition) is 2. The lowest BCUT2D eigenvalue weighted by Crippen LogP contribution is -2.52. The molecule has 1 atom stereocenters. The summed E-state index contributed by atoms with van der Waals surface area (Å²) in [6.45, 7) is 3.41. The molecule has 1 saturated heterocycles. The fraction of sp³-hybridized carbons (Fsp3) is 0.833. The van der Waals surface area contributed by atoms with Crippen molar-refractivity contribution in [1.29, 1.82) is 0 Å². The van der Waals surface area contributed by atoms with Crippen LogP contribution in [0.15, 0.2) is 0 Å². The molecule has 0 aromatic heterocycles. The molecule has 1 fully saturated rings. The van der Waals surface area contributed by atoms with Gasteiger partial charge in [0.15, 0.2) is 6.10 Å². The molecule has 1 heterocycles. The van der Waals surface area contributed by atoms with Gasteiger partial charge in [0.25, 0.3) is 0 Å². The molecule has 0 saturated carbocycles. The van der Waals surface area contributed by atoms with Crippen LogP contribution in [0.5, 0.6) is 0 Å². The van der Waals surface area contributed by atoms with E-state index in [4.69, 9.17) is 14.6 Å². The van der Waals surface area contributed by atoms with Crippen molar-refractivity contribution in [3.05, 3.63) is 0 Å². The Morgan fingerprint density at radius 3 is 2.90 bits per heavy atom. The first kappa shape index (κ1) is 16.7. The van der Waals surface area contributed by atoms with Crippen LogP contribution in [0.1, 0.15) is 0 Å². The minimum Gasteiger partial charge on any atom is -0.479 e. The Morgan fingerprint density at radius 1 is 1.50 bits per heavy atom. The minimum absolute atomic E-state index is 0.0840. The summed E-state index contributed by atoms with van der Waals surface area (Å²) in [6, 6.07) is -0.250. The van der Waals surface area contributed by atoms with Crippen LogP contribution in [0.25, 0.3) is 0 Å². The van der Waals surface area contributed by atoms with E-state index in [2.05, 4.69) is 5.32 Å². The summed E-state index contributed by atoms with van der Waals surface area (Å²) in [6.07, 6.45) is -0.932. The molecule has 2 amide bonds. The van der Waals surface area contributed by atoms with Gasteiger partial charge in [0.05, 0.1) is 19.8 Å². The second kappa shape index (κ2) is 8.72. The van der Waals surface area contributed by atoms with Crippen molar-refractivity contribution in [3.8, 4) is 0 Å². The van der Waals surface area contributed by atoms with Crippen molar-refractivity contribution in [1.82, 2.24) is 15.1 Å². The van der Waals surface area contributed by atoms with Gasteiger partial charge in [0, 0.05) is 33.3 Å². The number of nitrogens with zero attached hydrogens (tertiary/aromatic N) is 2. The van der Waals surface area contributed by atoms with Gasteiger partial charge in [-0.15, -0.1) is 0 Å². The van der Waals surface area contributed by atoms with Gasteiger partial charge in [0.2, 0.25) is 0 Å². The number of rotatable bonds is 7. The number of carboxylic acids is 1. The molecule has 20 heavy (non-hydrogen) atoms. The fourth-order valence-corrected chi connectivity index (χ4v) is 1.81. The summed E-state index contributed by atoms with van der Waals surface area (Å²) in [4.78, 5) is 26.2. The number of amides is 2. The first-order valence-corrected chi connectivity index (χ1v) is 6.59. The van der Waals surface area contributed by atoms with Gasteiger partial charge in [-0.2, -0.15) is 0 Å². The zero-order chi connectivity index (χ0) is 15.0. The molecular weight excluding hydrogens is 266 g/mol. The molecule has 0 spiro atoms. The van der Waals surface area contributed by atoms with E-state index in [9.17, 15) is 9.59 Å². The van der Waals surface area contributed by atoms with Gasteiger partial charge in [-0.1, -0.05) is 0 Å². The van der Waals surface area contributed by atoms with Gasteiger partial charge >= 0.3 is 12.0 Å². The fourth-order valence-electron chi connectivity index (χ4n) is 1.81. The number of aliphatic carboxylic acids is 1. The molecule has 1 aliphatic rings. The average Bonchev–Trinajstić information content (AvgIpc) is 2.45. The highest BCUT2D eigenvalue weighted by atomic mass is 16.5. The molecule has 1 rings (SSSR count). The van der Waals surface area contributed by atoms with E-state index in [1.54, 1.807) is 7.11 Å². The Kier molecular flexibility index (Phi) is 7.27. The molecule has 0 aromatic rings. The molecule has 0 bridgehead atoms. The maximum absolute atomic E-state index is 11.9. The molecular formula is C12H23N3O5. The number of urea groups is 1. The molecule has 8 nitrogen and oxygen atoms in total. The highest BCUT2D eigenvalue weighted by Gasteiger charge is 2.28. The van der Waals surface area contributed by atoms with E-state index in [0.29, 0.717) is 26.2 Å². The summed E-state index contributed by atoms with van der Waals surface area (Å²) in [5.41, 5.74) is 0.